The van der Waals surface area contributed by atoms with Crippen LogP contribution in [-0.2, 0) is 4.79 Å². The van der Waals surface area contributed by atoms with E-state index in [1.165, 1.54) is 0 Å². The van der Waals surface area contributed by atoms with Crippen LogP contribution in [0.3, 0.4) is 0 Å². The van der Waals surface area contributed by atoms with Crippen LogP contribution >= 0.6 is 0 Å². The highest BCUT2D eigenvalue weighted by molar-refractivity contribution is 5.92. The Morgan fingerprint density at radius 1 is 0.938 bits per heavy atom. The Hall–Kier alpha value is -3.71. The number of amides is 1. The second-order valence-electron chi connectivity index (χ2n) is 7.97. The van der Waals surface area contributed by atoms with Gasteiger partial charge in [0, 0.05) is 43.3 Å². The zero-order valence-corrected chi connectivity index (χ0v) is 18.0. The van der Waals surface area contributed by atoms with E-state index in [1.807, 2.05) is 76.3 Å². The molecule has 3 heterocycles. The van der Waals surface area contributed by atoms with Gasteiger partial charge in [-0.25, -0.2) is 9.67 Å². The lowest BCUT2D eigenvalue weighted by Gasteiger charge is -2.32. The third kappa shape index (κ3) is 4.07. The van der Waals surface area contributed by atoms with Crippen molar-refractivity contribution < 1.29 is 9.53 Å². The summed E-state index contributed by atoms with van der Waals surface area (Å²) in [4.78, 5) is 21.1. The molecule has 1 saturated heterocycles. The third-order valence-electron chi connectivity index (χ3n) is 5.79. The van der Waals surface area contributed by atoms with Gasteiger partial charge in [-0.15, -0.1) is 0 Å². The summed E-state index contributed by atoms with van der Waals surface area (Å²) in [6, 6.07) is 21.6. The van der Waals surface area contributed by atoms with Gasteiger partial charge in [-0.3, -0.25) is 4.79 Å². The molecule has 2 aromatic carbocycles. The highest BCUT2D eigenvalue weighted by Gasteiger charge is 2.19. The summed E-state index contributed by atoms with van der Waals surface area (Å²) in [6.07, 6.45) is 1.78. The monoisotopic (exact) mass is 427 g/mol. The molecule has 1 aliphatic rings. The number of para-hydroxylation sites is 1. The van der Waals surface area contributed by atoms with Crippen LogP contribution in [0, 0.1) is 0 Å². The van der Waals surface area contributed by atoms with Crippen molar-refractivity contribution in [2.75, 3.05) is 39.8 Å². The van der Waals surface area contributed by atoms with E-state index in [0.717, 1.165) is 54.2 Å². The van der Waals surface area contributed by atoms with Crippen molar-refractivity contribution in [3.63, 3.8) is 0 Å². The van der Waals surface area contributed by atoms with Crippen molar-refractivity contribution in [3.05, 3.63) is 72.9 Å². The Labute approximate surface area is 186 Å². The van der Waals surface area contributed by atoms with Gasteiger partial charge in [0.2, 0.25) is 0 Å². The molecular weight excluding hydrogens is 402 g/mol. The highest BCUT2D eigenvalue weighted by atomic mass is 16.5. The number of piperazine rings is 1. The molecule has 0 N–H and O–H groups in total. The number of likely N-dealkylation sites (N-methyl/N-ethyl adjacent to an activating group) is 1. The van der Waals surface area contributed by atoms with Crippen molar-refractivity contribution in [3.8, 4) is 22.7 Å². The van der Waals surface area contributed by atoms with Crippen LogP contribution in [0.2, 0.25) is 0 Å². The van der Waals surface area contributed by atoms with E-state index in [2.05, 4.69) is 16.9 Å². The zero-order valence-electron chi connectivity index (χ0n) is 18.0. The number of pyridine rings is 1. The number of hydrogen-bond donors (Lipinski definition) is 0. The lowest BCUT2D eigenvalue weighted by atomic mass is 10.1. The molecule has 1 fully saturated rings. The van der Waals surface area contributed by atoms with Crippen LogP contribution in [0.25, 0.3) is 28.0 Å². The number of benzene rings is 2. The van der Waals surface area contributed by atoms with Gasteiger partial charge >= 0.3 is 0 Å². The van der Waals surface area contributed by atoms with Gasteiger partial charge in [0.15, 0.2) is 12.3 Å². The highest BCUT2D eigenvalue weighted by Crippen LogP contribution is 2.29. The Morgan fingerprint density at radius 2 is 1.69 bits per heavy atom. The predicted octanol–water partition coefficient (Wildman–Crippen LogP) is 3.24. The van der Waals surface area contributed by atoms with E-state index in [9.17, 15) is 4.79 Å². The van der Waals surface area contributed by atoms with Crippen LogP contribution in [0.1, 0.15) is 0 Å². The molecule has 0 atom stereocenters. The molecule has 162 valence electrons. The van der Waals surface area contributed by atoms with Gasteiger partial charge in [0.25, 0.3) is 5.91 Å². The van der Waals surface area contributed by atoms with E-state index < -0.39 is 0 Å². The molecular formula is C25H25N5O2. The first-order valence-corrected chi connectivity index (χ1v) is 10.8. The maximum atomic E-state index is 12.4. The topological polar surface area (TPSA) is 63.5 Å². The summed E-state index contributed by atoms with van der Waals surface area (Å²) < 4.78 is 7.62. The average Bonchev–Trinajstić information content (AvgIpc) is 3.24. The number of nitrogens with zero attached hydrogens (tertiary/aromatic N) is 5. The van der Waals surface area contributed by atoms with Crippen LogP contribution in [0.5, 0.6) is 5.75 Å². The molecule has 4 aromatic rings. The van der Waals surface area contributed by atoms with Crippen molar-refractivity contribution in [1.29, 1.82) is 0 Å². The third-order valence-corrected chi connectivity index (χ3v) is 5.79. The summed E-state index contributed by atoms with van der Waals surface area (Å²) in [7, 11) is 2.07. The van der Waals surface area contributed by atoms with Gasteiger partial charge in [-0.2, -0.15) is 5.10 Å². The van der Waals surface area contributed by atoms with Crippen molar-refractivity contribution in [1.82, 2.24) is 24.6 Å². The average molecular weight is 428 g/mol. The molecule has 0 bridgehead atoms. The quantitative estimate of drug-likeness (QED) is 0.489. The van der Waals surface area contributed by atoms with Crippen molar-refractivity contribution in [2.45, 2.75) is 0 Å². The zero-order chi connectivity index (χ0) is 21.9. The molecule has 0 aliphatic carbocycles. The van der Waals surface area contributed by atoms with Gasteiger partial charge in [-0.1, -0.05) is 18.2 Å². The fourth-order valence-corrected chi connectivity index (χ4v) is 3.92. The summed E-state index contributed by atoms with van der Waals surface area (Å²) >= 11 is 0. The maximum absolute atomic E-state index is 12.4. The molecule has 1 amide bonds. The molecule has 0 saturated carbocycles. The minimum atomic E-state index is 0.0286. The van der Waals surface area contributed by atoms with E-state index in [-0.39, 0.29) is 12.5 Å². The smallest absolute Gasteiger partial charge is 0.260 e. The Balaban J connectivity index is 1.34. The van der Waals surface area contributed by atoms with Crippen LogP contribution in [0.4, 0.5) is 0 Å². The summed E-state index contributed by atoms with van der Waals surface area (Å²) in [6.45, 7) is 3.36. The molecule has 0 unspecified atom stereocenters. The molecule has 2 aromatic heterocycles. The number of carbonyl (C=O) groups excluding carboxylic acids is 1. The summed E-state index contributed by atoms with van der Waals surface area (Å²) in [5.41, 5.74) is 3.60. The molecule has 7 nitrogen and oxygen atoms in total. The minimum absolute atomic E-state index is 0.0286. The van der Waals surface area contributed by atoms with E-state index in [4.69, 9.17) is 9.84 Å². The lowest BCUT2D eigenvalue weighted by molar-refractivity contribution is -0.134. The Morgan fingerprint density at radius 3 is 2.44 bits per heavy atom. The predicted molar refractivity (Wildman–Crippen MR) is 124 cm³/mol. The number of aromatic nitrogens is 3. The number of ether oxygens (including phenoxy) is 1. The van der Waals surface area contributed by atoms with Gasteiger partial charge in [-0.05, 0) is 55.6 Å². The summed E-state index contributed by atoms with van der Waals surface area (Å²) in [5.74, 6) is 0.696. The molecule has 1 aliphatic heterocycles. The lowest BCUT2D eigenvalue weighted by Crippen LogP contribution is -2.48. The first kappa shape index (κ1) is 20.2. The number of carbonyl (C=O) groups is 1. The molecule has 0 spiro atoms. The second-order valence-corrected chi connectivity index (χ2v) is 7.97. The number of rotatable bonds is 5. The molecule has 32 heavy (non-hydrogen) atoms. The first-order valence-electron chi connectivity index (χ1n) is 10.8. The standard InChI is InChI=1S/C25H25N5O2/c1-28-14-16-29(17-15-28)23(31)18-32-21-11-9-19(10-12-21)24-22-8-5-13-26-25(22)30(27-24)20-6-3-2-4-7-20/h2-13H,14-18H2,1H3. The van der Waals surface area contributed by atoms with E-state index in [1.54, 1.807) is 6.20 Å². The van der Waals surface area contributed by atoms with Gasteiger partial charge < -0.3 is 14.5 Å². The SMILES string of the molecule is CN1CCN(C(=O)COc2ccc(-c3nn(-c4ccccc4)c4ncccc34)cc2)CC1. The Kier molecular flexibility index (Phi) is 5.56. The summed E-state index contributed by atoms with van der Waals surface area (Å²) in [5, 5.41) is 5.83. The Bertz CT molecular complexity index is 1210. The van der Waals surface area contributed by atoms with Crippen LogP contribution in [0.15, 0.2) is 72.9 Å². The molecule has 0 radical (unpaired) electrons. The van der Waals surface area contributed by atoms with Gasteiger partial charge in [0.05, 0.1) is 5.69 Å². The molecule has 5 rings (SSSR count). The van der Waals surface area contributed by atoms with Gasteiger partial charge in [0.1, 0.15) is 11.4 Å². The van der Waals surface area contributed by atoms with Crippen LogP contribution in [-0.4, -0.2) is 70.3 Å². The first-order chi connectivity index (χ1) is 15.7. The maximum Gasteiger partial charge on any atom is 0.260 e. The second kappa shape index (κ2) is 8.80. The largest absolute Gasteiger partial charge is 0.484 e. The molecule has 7 heteroatoms. The fourth-order valence-electron chi connectivity index (χ4n) is 3.92. The van der Waals surface area contributed by atoms with Crippen molar-refractivity contribution >= 4 is 16.9 Å². The fraction of sp³-hybridized carbons (Fsp3) is 0.240. The van der Waals surface area contributed by atoms with Crippen molar-refractivity contribution in [2.24, 2.45) is 0 Å². The number of hydrogen-bond acceptors (Lipinski definition) is 5. The number of fused-ring (bicyclic) bond motifs is 1. The normalized spacial score (nSPS) is 14.6. The van der Waals surface area contributed by atoms with E-state index >= 15 is 0 Å². The van der Waals surface area contributed by atoms with Crippen LogP contribution < -0.4 is 4.74 Å². The van der Waals surface area contributed by atoms with E-state index in [0.29, 0.717) is 5.75 Å². The minimum Gasteiger partial charge on any atom is -0.484 e.